The number of carbonyl (C=O) groups excluding carboxylic acids is 2. The van der Waals surface area contributed by atoms with Crippen molar-refractivity contribution in [3.05, 3.63) is 17.5 Å². The Hall–Kier alpha value is -1.89. The van der Waals surface area contributed by atoms with Crippen LogP contribution in [-0.2, 0) is 21.4 Å². The van der Waals surface area contributed by atoms with Crippen LogP contribution in [0.4, 0.5) is 0 Å². The molecular formula is C17H28N4O3. The van der Waals surface area contributed by atoms with E-state index in [9.17, 15) is 9.59 Å². The van der Waals surface area contributed by atoms with Gasteiger partial charge in [0.15, 0.2) is 0 Å². The van der Waals surface area contributed by atoms with Gasteiger partial charge in [-0.2, -0.15) is 5.10 Å². The first-order chi connectivity index (χ1) is 11.4. The maximum atomic E-state index is 12.7. The molecule has 0 aliphatic carbocycles. The lowest BCUT2D eigenvalue weighted by molar-refractivity contribution is -0.129. The first-order valence-electron chi connectivity index (χ1n) is 8.41. The summed E-state index contributed by atoms with van der Waals surface area (Å²) in [6.45, 7) is 7.59. The molecule has 0 radical (unpaired) electrons. The standard InChI is InChI=1S/C17H28N4O3/c1-11(2)9-18-17(23)13-8-15(22)21(6-7-24-5)16(13)14-10-19-20(4)12(14)3/h10-11,13,16H,6-9H2,1-5H3,(H,18,23)/t13-,16-/m0/s1. The van der Waals surface area contributed by atoms with Crippen molar-refractivity contribution in [2.45, 2.75) is 33.2 Å². The van der Waals surface area contributed by atoms with Crippen LogP contribution >= 0.6 is 0 Å². The highest BCUT2D eigenvalue weighted by Crippen LogP contribution is 2.39. The Morgan fingerprint density at radius 3 is 2.75 bits per heavy atom. The summed E-state index contributed by atoms with van der Waals surface area (Å²) >= 11 is 0. The fraction of sp³-hybridized carbons (Fsp3) is 0.706. The van der Waals surface area contributed by atoms with Crippen molar-refractivity contribution in [3.63, 3.8) is 0 Å². The van der Waals surface area contributed by atoms with Crippen molar-refractivity contribution in [3.8, 4) is 0 Å². The molecule has 1 aliphatic heterocycles. The van der Waals surface area contributed by atoms with Gasteiger partial charge in [0, 0.05) is 44.9 Å². The SMILES string of the molecule is COCCN1C(=O)C[C@H](C(=O)NCC(C)C)[C@H]1c1cnn(C)c1C. The minimum Gasteiger partial charge on any atom is -0.383 e. The zero-order valence-electron chi connectivity index (χ0n) is 15.2. The number of carbonyl (C=O) groups is 2. The predicted octanol–water partition coefficient (Wildman–Crippen LogP) is 1.04. The zero-order chi connectivity index (χ0) is 17.9. The molecule has 1 aromatic heterocycles. The average Bonchev–Trinajstić information content (AvgIpc) is 3.03. The van der Waals surface area contributed by atoms with Crippen molar-refractivity contribution in [1.82, 2.24) is 20.0 Å². The minimum atomic E-state index is -0.393. The Kier molecular flexibility index (Phi) is 5.99. The molecule has 7 heteroatoms. The zero-order valence-corrected chi connectivity index (χ0v) is 15.2. The molecule has 1 aromatic rings. The number of nitrogens with zero attached hydrogens (tertiary/aromatic N) is 3. The highest BCUT2D eigenvalue weighted by molar-refractivity contribution is 5.90. The van der Waals surface area contributed by atoms with E-state index in [1.807, 2.05) is 27.8 Å². The number of amides is 2. The molecule has 2 heterocycles. The summed E-state index contributed by atoms with van der Waals surface area (Å²) < 4.78 is 6.90. The Morgan fingerprint density at radius 2 is 2.21 bits per heavy atom. The van der Waals surface area contributed by atoms with Gasteiger partial charge in [-0.25, -0.2) is 0 Å². The number of aromatic nitrogens is 2. The number of hydrogen-bond acceptors (Lipinski definition) is 4. The maximum absolute atomic E-state index is 12.7. The highest BCUT2D eigenvalue weighted by atomic mass is 16.5. The van der Waals surface area contributed by atoms with E-state index in [-0.39, 0.29) is 24.3 Å². The second-order valence-corrected chi connectivity index (χ2v) is 6.78. The van der Waals surface area contributed by atoms with E-state index >= 15 is 0 Å². The maximum Gasteiger partial charge on any atom is 0.226 e. The van der Waals surface area contributed by atoms with Gasteiger partial charge in [-0.3, -0.25) is 14.3 Å². The molecule has 2 rings (SSSR count). The Labute approximate surface area is 143 Å². The number of aryl methyl sites for hydroxylation is 1. The molecule has 1 N–H and O–H groups in total. The third-order valence-corrected chi connectivity index (χ3v) is 4.58. The smallest absolute Gasteiger partial charge is 0.226 e. The van der Waals surface area contributed by atoms with Gasteiger partial charge in [0.05, 0.1) is 24.8 Å². The van der Waals surface area contributed by atoms with Gasteiger partial charge >= 0.3 is 0 Å². The van der Waals surface area contributed by atoms with Crippen LogP contribution in [0.3, 0.4) is 0 Å². The second-order valence-electron chi connectivity index (χ2n) is 6.78. The number of nitrogens with one attached hydrogen (secondary N) is 1. The molecule has 0 bridgehead atoms. The summed E-state index contributed by atoms with van der Waals surface area (Å²) in [4.78, 5) is 26.9. The van der Waals surface area contributed by atoms with Gasteiger partial charge in [-0.1, -0.05) is 13.8 Å². The lowest BCUT2D eigenvalue weighted by Crippen LogP contribution is -2.38. The van der Waals surface area contributed by atoms with Crippen LogP contribution in [0.2, 0.25) is 0 Å². The van der Waals surface area contributed by atoms with Crippen molar-refractivity contribution in [2.75, 3.05) is 26.8 Å². The molecule has 0 unspecified atom stereocenters. The van der Waals surface area contributed by atoms with E-state index in [0.29, 0.717) is 25.6 Å². The largest absolute Gasteiger partial charge is 0.383 e. The van der Waals surface area contributed by atoms with Crippen LogP contribution in [0.25, 0.3) is 0 Å². The van der Waals surface area contributed by atoms with Crippen LogP contribution in [0.5, 0.6) is 0 Å². The van der Waals surface area contributed by atoms with Crippen LogP contribution in [-0.4, -0.2) is 53.3 Å². The summed E-state index contributed by atoms with van der Waals surface area (Å²) in [5, 5.41) is 7.26. The molecule has 0 saturated carbocycles. The van der Waals surface area contributed by atoms with Crippen molar-refractivity contribution >= 4 is 11.8 Å². The minimum absolute atomic E-state index is 0.00926. The molecule has 1 aliphatic rings. The normalized spacial score (nSPS) is 20.9. The second kappa shape index (κ2) is 7.79. The number of rotatable bonds is 7. The van der Waals surface area contributed by atoms with Crippen molar-refractivity contribution < 1.29 is 14.3 Å². The van der Waals surface area contributed by atoms with E-state index < -0.39 is 5.92 Å². The van der Waals surface area contributed by atoms with E-state index in [1.165, 1.54) is 0 Å². The summed E-state index contributed by atoms with van der Waals surface area (Å²) in [6, 6.07) is -0.284. The summed E-state index contributed by atoms with van der Waals surface area (Å²) in [5.41, 5.74) is 1.91. The third-order valence-electron chi connectivity index (χ3n) is 4.58. The van der Waals surface area contributed by atoms with Crippen LogP contribution < -0.4 is 5.32 Å². The lowest BCUT2D eigenvalue weighted by atomic mass is 9.93. The third kappa shape index (κ3) is 3.77. The van der Waals surface area contributed by atoms with Crippen LogP contribution in [0.15, 0.2) is 6.20 Å². The molecule has 0 aromatic carbocycles. The van der Waals surface area contributed by atoms with Gasteiger partial charge in [0.1, 0.15) is 0 Å². The Bertz CT molecular complexity index is 597. The molecule has 2 atom stereocenters. The monoisotopic (exact) mass is 336 g/mol. The summed E-state index contributed by atoms with van der Waals surface area (Å²) in [6.07, 6.45) is 1.99. The number of methoxy groups -OCH3 is 1. The van der Waals surface area contributed by atoms with E-state index in [2.05, 4.69) is 10.4 Å². The average molecular weight is 336 g/mol. The molecule has 0 spiro atoms. The first-order valence-corrected chi connectivity index (χ1v) is 8.41. The van der Waals surface area contributed by atoms with Crippen LogP contribution in [0.1, 0.15) is 37.6 Å². The first kappa shape index (κ1) is 18.4. The number of ether oxygens (including phenoxy) is 1. The van der Waals surface area contributed by atoms with Crippen LogP contribution in [0, 0.1) is 18.8 Å². The van der Waals surface area contributed by atoms with Gasteiger partial charge in [0.25, 0.3) is 0 Å². The molecule has 1 saturated heterocycles. The molecule has 134 valence electrons. The lowest BCUT2D eigenvalue weighted by Gasteiger charge is -2.28. The topological polar surface area (TPSA) is 76.5 Å². The predicted molar refractivity (Wildman–Crippen MR) is 90.2 cm³/mol. The Morgan fingerprint density at radius 1 is 1.50 bits per heavy atom. The number of hydrogen-bond donors (Lipinski definition) is 1. The van der Waals surface area contributed by atoms with E-state index in [4.69, 9.17) is 4.74 Å². The summed E-state index contributed by atoms with van der Waals surface area (Å²) in [5.74, 6) is -0.0968. The number of likely N-dealkylation sites (tertiary alicyclic amines) is 1. The fourth-order valence-corrected chi connectivity index (χ4v) is 3.11. The Balaban J connectivity index is 2.29. The van der Waals surface area contributed by atoms with Gasteiger partial charge in [-0.15, -0.1) is 0 Å². The van der Waals surface area contributed by atoms with E-state index in [1.54, 1.807) is 22.9 Å². The van der Waals surface area contributed by atoms with Gasteiger partial charge in [0.2, 0.25) is 11.8 Å². The summed E-state index contributed by atoms with van der Waals surface area (Å²) in [7, 11) is 3.47. The molecule has 1 fully saturated rings. The highest BCUT2D eigenvalue weighted by Gasteiger charge is 2.45. The van der Waals surface area contributed by atoms with Gasteiger partial charge in [-0.05, 0) is 12.8 Å². The van der Waals surface area contributed by atoms with Gasteiger partial charge < -0.3 is 15.0 Å². The molecule has 24 heavy (non-hydrogen) atoms. The quantitative estimate of drug-likeness (QED) is 0.807. The molecular weight excluding hydrogens is 308 g/mol. The van der Waals surface area contributed by atoms with Crippen molar-refractivity contribution in [1.29, 1.82) is 0 Å². The fourth-order valence-electron chi connectivity index (χ4n) is 3.11. The van der Waals surface area contributed by atoms with Crippen molar-refractivity contribution in [2.24, 2.45) is 18.9 Å². The molecule has 7 nitrogen and oxygen atoms in total. The molecule has 2 amide bonds. The van der Waals surface area contributed by atoms with E-state index in [0.717, 1.165) is 11.3 Å².